The van der Waals surface area contributed by atoms with Crippen LogP contribution in [-0.4, -0.2) is 53.3 Å². The minimum absolute atomic E-state index is 0.0556. The van der Waals surface area contributed by atoms with Gasteiger partial charge in [0, 0.05) is 32.7 Å². The molecular weight excluding hydrogens is 437 g/mol. The standard InChI is InChI=1S/C15H14BrCl2N3O4/c1-20-3-4-21-12-9(10(16)13(21)14(20)23)8(6-7(17)11(12)18)25-15(24)19-2-5-22/h6,22H,2-5H2,1H3,(H,19,24). The predicted molar refractivity (Wildman–Crippen MR) is 97.7 cm³/mol. The molecule has 3 rings (SSSR count). The molecule has 0 spiro atoms. The highest BCUT2D eigenvalue weighted by molar-refractivity contribution is 9.10. The average Bonchev–Trinajstić information content (AvgIpc) is 2.87. The van der Waals surface area contributed by atoms with Crippen LogP contribution < -0.4 is 10.1 Å². The molecule has 1 aromatic carbocycles. The van der Waals surface area contributed by atoms with E-state index in [0.29, 0.717) is 34.2 Å². The quantitative estimate of drug-likeness (QED) is 0.752. The summed E-state index contributed by atoms with van der Waals surface area (Å²) in [6.45, 7) is 0.908. The molecule has 0 aliphatic carbocycles. The Labute approximate surface area is 161 Å². The summed E-state index contributed by atoms with van der Waals surface area (Å²) >= 11 is 16.0. The van der Waals surface area contributed by atoms with Crippen LogP contribution >= 0.6 is 39.1 Å². The fourth-order valence-corrected chi connectivity index (χ4v) is 3.95. The third-order valence-corrected chi connectivity index (χ3v) is 5.47. The lowest BCUT2D eigenvalue weighted by atomic mass is 10.2. The maximum Gasteiger partial charge on any atom is 0.412 e. The van der Waals surface area contributed by atoms with Gasteiger partial charge >= 0.3 is 6.09 Å². The molecule has 1 aromatic heterocycles. The summed E-state index contributed by atoms with van der Waals surface area (Å²) in [5, 5.41) is 12.2. The highest BCUT2D eigenvalue weighted by Gasteiger charge is 2.31. The van der Waals surface area contributed by atoms with Crippen molar-refractivity contribution in [2.24, 2.45) is 0 Å². The van der Waals surface area contributed by atoms with E-state index in [-0.39, 0.29) is 34.9 Å². The Balaban J connectivity index is 2.20. The number of aliphatic hydroxyl groups is 1. The number of ether oxygens (including phenoxy) is 1. The second-order valence-electron chi connectivity index (χ2n) is 5.47. The van der Waals surface area contributed by atoms with Crippen molar-refractivity contribution in [2.75, 3.05) is 26.7 Å². The van der Waals surface area contributed by atoms with Crippen LogP contribution in [0.5, 0.6) is 5.75 Å². The zero-order valence-electron chi connectivity index (χ0n) is 13.1. The molecule has 0 bridgehead atoms. The van der Waals surface area contributed by atoms with Gasteiger partial charge in [0.05, 0.1) is 32.0 Å². The number of hydrogen-bond acceptors (Lipinski definition) is 4. The van der Waals surface area contributed by atoms with Crippen LogP contribution in [0, 0.1) is 0 Å². The Kier molecular flexibility index (Phi) is 5.15. The molecule has 2 amide bonds. The molecule has 7 nitrogen and oxygen atoms in total. The van der Waals surface area contributed by atoms with Crippen LogP contribution in [0.2, 0.25) is 10.0 Å². The lowest BCUT2D eigenvalue weighted by Gasteiger charge is -2.25. The predicted octanol–water partition coefficient (Wildman–Crippen LogP) is 2.88. The average molecular weight is 451 g/mol. The number of nitrogens with zero attached hydrogens (tertiary/aromatic N) is 2. The number of aromatic nitrogens is 1. The molecule has 0 atom stereocenters. The van der Waals surface area contributed by atoms with Crippen LogP contribution in [0.3, 0.4) is 0 Å². The molecule has 10 heteroatoms. The van der Waals surface area contributed by atoms with E-state index in [1.54, 1.807) is 16.5 Å². The smallest absolute Gasteiger partial charge is 0.410 e. The van der Waals surface area contributed by atoms with Crippen molar-refractivity contribution in [2.45, 2.75) is 6.54 Å². The molecule has 25 heavy (non-hydrogen) atoms. The topological polar surface area (TPSA) is 83.8 Å². The number of halogens is 3. The van der Waals surface area contributed by atoms with Crippen LogP contribution in [0.15, 0.2) is 10.5 Å². The first-order valence-electron chi connectivity index (χ1n) is 7.38. The summed E-state index contributed by atoms with van der Waals surface area (Å²) < 4.78 is 7.57. The van der Waals surface area contributed by atoms with Crippen molar-refractivity contribution >= 4 is 62.0 Å². The largest absolute Gasteiger partial charge is 0.412 e. The number of likely N-dealkylation sites (N-methyl/N-ethyl adjacent to an activating group) is 1. The van der Waals surface area contributed by atoms with Gasteiger partial charge in [-0.3, -0.25) is 4.79 Å². The normalized spacial score (nSPS) is 14.0. The highest BCUT2D eigenvalue weighted by atomic mass is 79.9. The van der Waals surface area contributed by atoms with Crippen molar-refractivity contribution in [3.8, 4) is 5.75 Å². The van der Waals surface area contributed by atoms with E-state index < -0.39 is 6.09 Å². The van der Waals surface area contributed by atoms with Gasteiger partial charge in [0.15, 0.2) is 0 Å². The van der Waals surface area contributed by atoms with E-state index in [0.717, 1.165) is 0 Å². The molecule has 0 unspecified atom stereocenters. The molecule has 0 saturated heterocycles. The number of rotatable bonds is 3. The molecule has 2 heterocycles. The molecule has 0 radical (unpaired) electrons. The van der Waals surface area contributed by atoms with Gasteiger partial charge in [0.25, 0.3) is 5.91 Å². The SMILES string of the molecule is CN1CCn2c(c(Br)c3c(OC(=O)NCCO)cc(Cl)c(Cl)c32)C1=O. The fraction of sp³-hybridized carbons (Fsp3) is 0.333. The van der Waals surface area contributed by atoms with Crippen LogP contribution in [0.25, 0.3) is 10.9 Å². The summed E-state index contributed by atoms with van der Waals surface area (Å²) in [7, 11) is 1.71. The Morgan fingerprint density at radius 1 is 1.44 bits per heavy atom. The number of amides is 2. The van der Waals surface area contributed by atoms with E-state index in [2.05, 4.69) is 21.2 Å². The molecule has 2 N–H and O–H groups in total. The Morgan fingerprint density at radius 2 is 2.16 bits per heavy atom. The lowest BCUT2D eigenvalue weighted by molar-refractivity contribution is 0.0750. The van der Waals surface area contributed by atoms with Gasteiger partial charge in [-0.1, -0.05) is 23.2 Å². The Hall–Kier alpha value is -1.48. The van der Waals surface area contributed by atoms with Crippen molar-refractivity contribution in [3.05, 3.63) is 26.3 Å². The number of carbonyl (C=O) groups is 2. The first-order valence-corrected chi connectivity index (χ1v) is 8.93. The van der Waals surface area contributed by atoms with E-state index in [1.807, 2.05) is 0 Å². The zero-order chi connectivity index (χ0) is 18.3. The van der Waals surface area contributed by atoms with E-state index in [4.69, 9.17) is 33.0 Å². The molecular formula is C15H14BrCl2N3O4. The number of nitrogens with one attached hydrogen (secondary N) is 1. The van der Waals surface area contributed by atoms with Crippen LogP contribution in [0.1, 0.15) is 10.5 Å². The second-order valence-corrected chi connectivity index (χ2v) is 7.05. The van der Waals surface area contributed by atoms with Gasteiger partial charge in [-0.25, -0.2) is 4.79 Å². The maximum absolute atomic E-state index is 12.5. The van der Waals surface area contributed by atoms with Crippen molar-refractivity contribution in [1.82, 2.24) is 14.8 Å². The molecule has 134 valence electrons. The Morgan fingerprint density at radius 3 is 2.84 bits per heavy atom. The molecule has 2 aromatic rings. The minimum atomic E-state index is -0.742. The summed E-state index contributed by atoms with van der Waals surface area (Å²) in [6, 6.07) is 1.43. The number of benzene rings is 1. The van der Waals surface area contributed by atoms with Gasteiger partial charge in [-0.2, -0.15) is 0 Å². The van der Waals surface area contributed by atoms with Gasteiger partial charge in [-0.05, 0) is 15.9 Å². The van der Waals surface area contributed by atoms with Crippen LogP contribution in [-0.2, 0) is 6.54 Å². The first-order chi connectivity index (χ1) is 11.9. The third kappa shape index (κ3) is 3.08. The van der Waals surface area contributed by atoms with Gasteiger partial charge in [0.2, 0.25) is 0 Å². The van der Waals surface area contributed by atoms with E-state index in [1.165, 1.54) is 6.07 Å². The fourth-order valence-electron chi connectivity index (χ4n) is 2.74. The van der Waals surface area contributed by atoms with Crippen LogP contribution in [0.4, 0.5) is 4.79 Å². The van der Waals surface area contributed by atoms with E-state index >= 15 is 0 Å². The first kappa shape index (κ1) is 18.3. The molecule has 1 aliphatic rings. The van der Waals surface area contributed by atoms with Gasteiger partial charge in [0.1, 0.15) is 11.4 Å². The lowest BCUT2D eigenvalue weighted by Crippen LogP contribution is -2.37. The minimum Gasteiger partial charge on any atom is -0.410 e. The monoisotopic (exact) mass is 449 g/mol. The highest BCUT2D eigenvalue weighted by Crippen LogP contribution is 2.45. The van der Waals surface area contributed by atoms with Gasteiger partial charge in [-0.15, -0.1) is 0 Å². The second kappa shape index (κ2) is 7.03. The number of carbonyl (C=O) groups excluding carboxylic acids is 2. The van der Waals surface area contributed by atoms with Crippen molar-refractivity contribution in [3.63, 3.8) is 0 Å². The number of hydrogen-bond donors (Lipinski definition) is 2. The summed E-state index contributed by atoms with van der Waals surface area (Å²) in [5.41, 5.74) is 0.955. The van der Waals surface area contributed by atoms with E-state index in [9.17, 15) is 9.59 Å². The molecule has 0 fully saturated rings. The molecule has 0 saturated carbocycles. The maximum atomic E-state index is 12.5. The zero-order valence-corrected chi connectivity index (χ0v) is 16.2. The van der Waals surface area contributed by atoms with Crippen molar-refractivity contribution < 1.29 is 19.4 Å². The summed E-state index contributed by atoms with van der Waals surface area (Å²) in [6.07, 6.45) is -0.742. The number of fused-ring (bicyclic) bond motifs is 3. The number of aliphatic hydroxyl groups excluding tert-OH is 1. The van der Waals surface area contributed by atoms with Crippen molar-refractivity contribution in [1.29, 1.82) is 0 Å². The van der Waals surface area contributed by atoms with Gasteiger partial charge < -0.3 is 24.6 Å². The molecule has 1 aliphatic heterocycles. The Bertz CT molecular complexity index is 884. The summed E-state index contributed by atoms with van der Waals surface area (Å²) in [4.78, 5) is 26.0. The summed E-state index contributed by atoms with van der Waals surface area (Å²) in [5.74, 6) is 0.00117. The third-order valence-electron chi connectivity index (χ3n) is 3.92.